The first-order valence-corrected chi connectivity index (χ1v) is 5.30. The third kappa shape index (κ3) is 3.48. The first-order valence-electron chi connectivity index (χ1n) is 4.93. The van der Waals surface area contributed by atoms with Crippen LogP contribution in [0, 0.1) is 0 Å². The highest BCUT2D eigenvalue weighted by Gasteiger charge is 2.15. The van der Waals surface area contributed by atoms with Crippen molar-refractivity contribution in [2.45, 2.75) is 12.6 Å². The minimum Gasteiger partial charge on any atom is -0.370 e. The Hall–Kier alpha value is -1.10. The van der Waals surface area contributed by atoms with Crippen LogP contribution in [0.4, 0.5) is 0 Å². The van der Waals surface area contributed by atoms with E-state index in [-0.39, 0.29) is 12.5 Å². The summed E-state index contributed by atoms with van der Waals surface area (Å²) in [4.78, 5) is 11.5. The lowest BCUT2D eigenvalue weighted by atomic mass is 10.2. The molecular weight excluding hydrogens is 228 g/mol. The van der Waals surface area contributed by atoms with Crippen LogP contribution >= 0.6 is 11.6 Å². The van der Waals surface area contributed by atoms with Crippen LogP contribution in [0.15, 0.2) is 24.3 Å². The minimum atomic E-state index is -0.609. The van der Waals surface area contributed by atoms with Gasteiger partial charge in [-0.25, -0.2) is 0 Å². The second-order valence-corrected chi connectivity index (χ2v) is 3.68. The zero-order valence-electron chi connectivity index (χ0n) is 9.07. The van der Waals surface area contributed by atoms with Crippen LogP contribution in [0.3, 0.4) is 0 Å². The molecule has 0 heterocycles. The number of rotatable bonds is 5. The van der Waals surface area contributed by atoms with Crippen molar-refractivity contribution in [1.29, 1.82) is 0 Å². The third-order valence-electron chi connectivity index (χ3n) is 2.20. The van der Waals surface area contributed by atoms with Gasteiger partial charge >= 0.3 is 0 Å². The van der Waals surface area contributed by atoms with E-state index < -0.39 is 6.10 Å². The number of benzene rings is 1. The number of nitrogens with one attached hydrogen (secondary N) is 1. The fraction of sp³-hybridized carbons (Fsp3) is 0.364. The molecule has 0 saturated heterocycles. The molecule has 0 radical (unpaired) electrons. The van der Waals surface area contributed by atoms with Gasteiger partial charge in [0.25, 0.3) is 5.91 Å². The topological polar surface area (TPSA) is 64.3 Å². The van der Waals surface area contributed by atoms with Crippen LogP contribution in [0.25, 0.3) is 0 Å². The van der Waals surface area contributed by atoms with E-state index >= 15 is 0 Å². The van der Waals surface area contributed by atoms with E-state index in [0.717, 1.165) is 5.56 Å². The number of halogens is 1. The standard InChI is InChI=1S/C11H15ClN2O2/c1-16-10(6-13)11(15)14-7-8-4-2-3-5-9(8)12/h2-5,10H,6-7,13H2,1H3,(H,14,15). The second-order valence-electron chi connectivity index (χ2n) is 3.27. The number of hydrogen-bond donors (Lipinski definition) is 2. The number of amides is 1. The Morgan fingerprint density at radius 2 is 2.25 bits per heavy atom. The quantitative estimate of drug-likeness (QED) is 0.808. The molecule has 0 spiro atoms. The van der Waals surface area contributed by atoms with Crippen molar-refractivity contribution in [3.05, 3.63) is 34.9 Å². The van der Waals surface area contributed by atoms with Crippen LogP contribution < -0.4 is 11.1 Å². The van der Waals surface area contributed by atoms with Gasteiger partial charge in [0.2, 0.25) is 0 Å². The summed E-state index contributed by atoms with van der Waals surface area (Å²) < 4.78 is 4.91. The van der Waals surface area contributed by atoms with Crippen molar-refractivity contribution in [2.24, 2.45) is 5.73 Å². The molecule has 16 heavy (non-hydrogen) atoms. The maximum atomic E-state index is 11.5. The summed E-state index contributed by atoms with van der Waals surface area (Å²) in [6.07, 6.45) is -0.609. The number of nitrogens with two attached hydrogens (primary N) is 1. The molecule has 4 nitrogen and oxygen atoms in total. The molecule has 0 aliphatic heterocycles. The molecule has 5 heteroatoms. The summed E-state index contributed by atoms with van der Waals surface area (Å²) in [6.45, 7) is 0.531. The molecule has 0 fully saturated rings. The van der Waals surface area contributed by atoms with Crippen molar-refractivity contribution in [3.63, 3.8) is 0 Å². The lowest BCUT2D eigenvalue weighted by Crippen LogP contribution is -2.40. The van der Waals surface area contributed by atoms with Gasteiger partial charge in [0.05, 0.1) is 0 Å². The number of ether oxygens (including phenoxy) is 1. The molecule has 0 aromatic heterocycles. The normalized spacial score (nSPS) is 12.2. The van der Waals surface area contributed by atoms with Crippen LogP contribution in [-0.2, 0) is 16.1 Å². The molecule has 1 rings (SSSR count). The average molecular weight is 243 g/mol. The van der Waals surface area contributed by atoms with Gasteiger partial charge in [-0.3, -0.25) is 4.79 Å². The molecule has 88 valence electrons. The first-order chi connectivity index (χ1) is 7.69. The molecular formula is C11H15ClN2O2. The van der Waals surface area contributed by atoms with Crippen molar-refractivity contribution >= 4 is 17.5 Å². The molecule has 0 aliphatic carbocycles. The summed E-state index contributed by atoms with van der Waals surface area (Å²) in [7, 11) is 1.45. The summed E-state index contributed by atoms with van der Waals surface area (Å²) in [6, 6.07) is 7.34. The zero-order valence-corrected chi connectivity index (χ0v) is 9.83. The number of carbonyl (C=O) groups is 1. The Balaban J connectivity index is 2.52. The molecule has 0 aliphatic rings. The van der Waals surface area contributed by atoms with Gasteiger partial charge in [0, 0.05) is 25.2 Å². The largest absolute Gasteiger partial charge is 0.370 e. The van der Waals surface area contributed by atoms with Crippen molar-refractivity contribution < 1.29 is 9.53 Å². The van der Waals surface area contributed by atoms with Gasteiger partial charge in [0.15, 0.2) is 0 Å². The summed E-state index contributed by atoms with van der Waals surface area (Å²) in [5, 5.41) is 3.34. The van der Waals surface area contributed by atoms with Gasteiger partial charge in [0.1, 0.15) is 6.10 Å². The molecule has 1 aromatic carbocycles. The fourth-order valence-electron chi connectivity index (χ4n) is 1.25. The molecule has 1 unspecified atom stereocenters. The van der Waals surface area contributed by atoms with Crippen molar-refractivity contribution in [1.82, 2.24) is 5.32 Å². The van der Waals surface area contributed by atoms with E-state index in [4.69, 9.17) is 22.1 Å². The van der Waals surface area contributed by atoms with E-state index in [1.807, 2.05) is 18.2 Å². The van der Waals surface area contributed by atoms with Crippen LogP contribution in [0.5, 0.6) is 0 Å². The molecule has 1 atom stereocenters. The Kier molecular flexibility index (Phi) is 5.25. The smallest absolute Gasteiger partial charge is 0.250 e. The number of hydrogen-bond acceptors (Lipinski definition) is 3. The molecule has 3 N–H and O–H groups in total. The van der Waals surface area contributed by atoms with Crippen LogP contribution in [0.2, 0.25) is 5.02 Å². The van der Waals surface area contributed by atoms with Gasteiger partial charge in [-0.05, 0) is 11.6 Å². The third-order valence-corrected chi connectivity index (χ3v) is 2.57. The maximum absolute atomic E-state index is 11.5. The maximum Gasteiger partial charge on any atom is 0.250 e. The Labute approximate surface area is 99.7 Å². The molecule has 0 saturated carbocycles. The Morgan fingerprint density at radius 3 is 2.81 bits per heavy atom. The predicted octanol–water partition coefficient (Wildman–Crippen LogP) is 0.930. The minimum absolute atomic E-state index is 0.158. The lowest BCUT2D eigenvalue weighted by molar-refractivity contribution is -0.130. The SMILES string of the molecule is COC(CN)C(=O)NCc1ccccc1Cl. The van der Waals surface area contributed by atoms with E-state index in [2.05, 4.69) is 5.32 Å². The van der Waals surface area contributed by atoms with E-state index in [9.17, 15) is 4.79 Å². The highest BCUT2D eigenvalue weighted by atomic mass is 35.5. The van der Waals surface area contributed by atoms with Gasteiger partial charge < -0.3 is 15.8 Å². The van der Waals surface area contributed by atoms with E-state index in [1.54, 1.807) is 6.07 Å². The van der Waals surface area contributed by atoms with E-state index in [1.165, 1.54) is 7.11 Å². The average Bonchev–Trinajstić information content (AvgIpc) is 2.29. The highest BCUT2D eigenvalue weighted by molar-refractivity contribution is 6.31. The second kappa shape index (κ2) is 6.48. The zero-order chi connectivity index (χ0) is 12.0. The summed E-state index contributed by atoms with van der Waals surface area (Å²) >= 11 is 5.95. The fourth-order valence-corrected chi connectivity index (χ4v) is 1.45. The molecule has 1 aromatic rings. The van der Waals surface area contributed by atoms with Crippen LogP contribution in [-0.4, -0.2) is 25.7 Å². The Morgan fingerprint density at radius 1 is 1.56 bits per heavy atom. The molecule has 1 amide bonds. The summed E-state index contributed by atoms with van der Waals surface area (Å²) in [5.74, 6) is -0.232. The molecule has 0 bridgehead atoms. The number of methoxy groups -OCH3 is 1. The first kappa shape index (κ1) is 13.0. The van der Waals surface area contributed by atoms with Gasteiger partial charge in [-0.2, -0.15) is 0 Å². The van der Waals surface area contributed by atoms with Gasteiger partial charge in [-0.15, -0.1) is 0 Å². The summed E-state index contributed by atoms with van der Waals surface area (Å²) in [5.41, 5.74) is 6.24. The van der Waals surface area contributed by atoms with Crippen LogP contribution in [0.1, 0.15) is 5.56 Å². The Bertz CT molecular complexity index is 354. The van der Waals surface area contributed by atoms with Gasteiger partial charge in [-0.1, -0.05) is 29.8 Å². The predicted molar refractivity (Wildman–Crippen MR) is 63.2 cm³/mol. The monoisotopic (exact) mass is 242 g/mol. The van der Waals surface area contributed by atoms with E-state index in [0.29, 0.717) is 11.6 Å². The van der Waals surface area contributed by atoms with Crippen molar-refractivity contribution in [3.8, 4) is 0 Å². The lowest BCUT2D eigenvalue weighted by Gasteiger charge is -2.13. The van der Waals surface area contributed by atoms with Crippen molar-refractivity contribution in [2.75, 3.05) is 13.7 Å². The number of carbonyl (C=O) groups excluding carboxylic acids is 1. The highest BCUT2D eigenvalue weighted by Crippen LogP contribution is 2.14.